The summed E-state index contributed by atoms with van der Waals surface area (Å²) in [7, 11) is 0. The minimum absolute atomic E-state index is 0.129. The predicted molar refractivity (Wildman–Crippen MR) is 69.4 cm³/mol. The van der Waals surface area contributed by atoms with E-state index in [2.05, 4.69) is 5.32 Å². The van der Waals surface area contributed by atoms with E-state index in [1.54, 1.807) is 44.2 Å². The fraction of sp³-hybridized carbons (Fsp3) is 0.357. The molecule has 0 bridgehead atoms. The summed E-state index contributed by atoms with van der Waals surface area (Å²) in [5.41, 5.74) is -0.185. The number of aliphatic hydroxyl groups excluding tert-OH is 1. The molecule has 1 rings (SSSR count). The van der Waals surface area contributed by atoms with Gasteiger partial charge in [-0.1, -0.05) is 30.4 Å². The van der Waals surface area contributed by atoms with Gasteiger partial charge >= 0.3 is 0 Å². The first-order valence-corrected chi connectivity index (χ1v) is 5.77. The number of carbonyl (C=O) groups excluding carboxylic acids is 1. The van der Waals surface area contributed by atoms with Gasteiger partial charge in [0, 0.05) is 12.0 Å². The van der Waals surface area contributed by atoms with Crippen LogP contribution >= 0.6 is 0 Å². The highest BCUT2D eigenvalue weighted by molar-refractivity contribution is 5.79. The number of nitrogens with one attached hydrogen (secondary N) is 1. The van der Waals surface area contributed by atoms with E-state index in [0.717, 1.165) is 0 Å². The van der Waals surface area contributed by atoms with Crippen molar-refractivity contribution in [1.82, 2.24) is 5.32 Å². The Kier molecular flexibility index (Phi) is 5.04. The first-order valence-electron chi connectivity index (χ1n) is 5.77. The number of hydrogen-bond acceptors (Lipinski definition) is 2. The second kappa shape index (κ2) is 6.31. The Bertz CT molecular complexity index is 441. The lowest BCUT2D eigenvalue weighted by Gasteiger charge is -2.22. The van der Waals surface area contributed by atoms with Crippen LogP contribution in [-0.2, 0) is 4.79 Å². The predicted octanol–water partition coefficient (Wildman–Crippen LogP) is 2.12. The lowest BCUT2D eigenvalue weighted by atomic mass is 10.1. The third-order valence-corrected chi connectivity index (χ3v) is 2.38. The van der Waals surface area contributed by atoms with Crippen molar-refractivity contribution in [1.29, 1.82) is 0 Å². The van der Waals surface area contributed by atoms with Crippen LogP contribution in [0.2, 0.25) is 0 Å². The molecule has 3 nitrogen and oxygen atoms in total. The summed E-state index contributed by atoms with van der Waals surface area (Å²) in [6.45, 7) is 3.33. The van der Waals surface area contributed by atoms with Gasteiger partial charge in [0.05, 0.1) is 12.1 Å². The number of halogens is 1. The van der Waals surface area contributed by atoms with E-state index >= 15 is 0 Å². The van der Waals surface area contributed by atoms with Crippen LogP contribution in [0.15, 0.2) is 30.3 Å². The molecule has 0 heterocycles. The van der Waals surface area contributed by atoms with Gasteiger partial charge in [-0.2, -0.15) is 0 Å². The molecule has 0 aliphatic heterocycles. The van der Waals surface area contributed by atoms with E-state index in [1.165, 1.54) is 6.07 Å². The average Bonchev–Trinajstić information content (AvgIpc) is 2.31. The zero-order valence-corrected chi connectivity index (χ0v) is 10.6. The van der Waals surface area contributed by atoms with Crippen LogP contribution in [0.25, 0.3) is 6.08 Å². The third kappa shape index (κ3) is 4.67. The summed E-state index contributed by atoms with van der Waals surface area (Å²) in [6.07, 6.45) is 3.32. The Morgan fingerprint density at radius 2 is 2.11 bits per heavy atom. The summed E-state index contributed by atoms with van der Waals surface area (Å²) in [4.78, 5) is 11.5. The first kappa shape index (κ1) is 14.4. The Morgan fingerprint density at radius 1 is 1.44 bits per heavy atom. The van der Waals surface area contributed by atoms with Gasteiger partial charge < -0.3 is 10.4 Å². The molecule has 0 spiro atoms. The number of rotatable bonds is 5. The zero-order valence-electron chi connectivity index (χ0n) is 10.6. The summed E-state index contributed by atoms with van der Waals surface area (Å²) >= 11 is 0. The summed E-state index contributed by atoms with van der Waals surface area (Å²) in [5, 5.41) is 11.7. The van der Waals surface area contributed by atoms with Crippen LogP contribution < -0.4 is 5.32 Å². The average molecular weight is 251 g/mol. The molecule has 0 aromatic heterocycles. The van der Waals surface area contributed by atoms with Gasteiger partial charge in [0.15, 0.2) is 0 Å². The smallest absolute Gasteiger partial charge is 0.224 e. The topological polar surface area (TPSA) is 49.3 Å². The molecule has 0 atom stereocenters. The molecular weight excluding hydrogens is 233 g/mol. The molecule has 98 valence electrons. The number of benzene rings is 1. The Hall–Kier alpha value is -1.68. The van der Waals surface area contributed by atoms with Gasteiger partial charge in [0.25, 0.3) is 0 Å². The zero-order chi connectivity index (χ0) is 13.6. The summed E-state index contributed by atoms with van der Waals surface area (Å²) in [6, 6.07) is 6.36. The van der Waals surface area contributed by atoms with Gasteiger partial charge in [0.1, 0.15) is 5.82 Å². The summed E-state index contributed by atoms with van der Waals surface area (Å²) < 4.78 is 13.3. The Balaban J connectivity index is 2.51. The van der Waals surface area contributed by atoms with E-state index in [-0.39, 0.29) is 24.8 Å². The van der Waals surface area contributed by atoms with Crippen LogP contribution in [0.3, 0.4) is 0 Å². The second-order valence-corrected chi connectivity index (χ2v) is 4.72. The van der Waals surface area contributed by atoms with Crippen LogP contribution in [-0.4, -0.2) is 23.2 Å². The number of hydrogen-bond donors (Lipinski definition) is 2. The molecule has 18 heavy (non-hydrogen) atoms. The van der Waals surface area contributed by atoms with E-state index in [4.69, 9.17) is 5.11 Å². The Morgan fingerprint density at radius 3 is 2.72 bits per heavy atom. The third-order valence-electron chi connectivity index (χ3n) is 2.38. The van der Waals surface area contributed by atoms with Crippen molar-refractivity contribution in [2.45, 2.75) is 25.8 Å². The largest absolute Gasteiger partial charge is 0.394 e. The molecule has 1 amide bonds. The molecule has 0 aliphatic rings. The van der Waals surface area contributed by atoms with Crippen LogP contribution in [0, 0.1) is 5.82 Å². The minimum Gasteiger partial charge on any atom is -0.394 e. The monoisotopic (exact) mass is 251 g/mol. The molecule has 1 aromatic carbocycles. The number of aliphatic hydroxyl groups is 1. The molecule has 0 aliphatic carbocycles. The fourth-order valence-corrected chi connectivity index (χ4v) is 1.37. The summed E-state index contributed by atoms with van der Waals surface area (Å²) in [5.74, 6) is -0.522. The molecule has 0 radical (unpaired) electrons. The first-order chi connectivity index (χ1) is 8.44. The highest BCUT2D eigenvalue weighted by Crippen LogP contribution is 2.08. The van der Waals surface area contributed by atoms with Crippen molar-refractivity contribution < 1.29 is 14.3 Å². The maximum absolute atomic E-state index is 13.3. The molecule has 0 saturated heterocycles. The molecule has 0 fully saturated rings. The molecular formula is C14H18FNO2. The lowest BCUT2D eigenvalue weighted by Crippen LogP contribution is -2.46. The van der Waals surface area contributed by atoms with Crippen LogP contribution in [0.5, 0.6) is 0 Å². The van der Waals surface area contributed by atoms with E-state index in [1.807, 2.05) is 0 Å². The van der Waals surface area contributed by atoms with Gasteiger partial charge in [-0.3, -0.25) is 4.79 Å². The van der Waals surface area contributed by atoms with E-state index < -0.39 is 5.54 Å². The number of carbonyl (C=O) groups is 1. The highest BCUT2D eigenvalue weighted by atomic mass is 19.1. The van der Waals surface area contributed by atoms with Gasteiger partial charge in [-0.05, 0) is 19.9 Å². The maximum Gasteiger partial charge on any atom is 0.224 e. The SMILES string of the molecule is CC(C)(CO)NC(=O)C/C=C/c1ccccc1F. The molecule has 0 saturated carbocycles. The van der Waals surface area contributed by atoms with E-state index in [0.29, 0.717) is 5.56 Å². The quantitative estimate of drug-likeness (QED) is 0.842. The van der Waals surface area contributed by atoms with Crippen LogP contribution in [0.1, 0.15) is 25.8 Å². The standard InChI is InChI=1S/C14H18FNO2/c1-14(2,10-17)16-13(18)9-5-7-11-6-3-4-8-12(11)15/h3-8,17H,9-10H2,1-2H3,(H,16,18)/b7-5+. The van der Waals surface area contributed by atoms with E-state index in [9.17, 15) is 9.18 Å². The van der Waals surface area contributed by atoms with Crippen molar-refractivity contribution in [2.24, 2.45) is 0 Å². The maximum atomic E-state index is 13.3. The minimum atomic E-state index is -0.636. The normalized spacial score (nSPS) is 11.8. The van der Waals surface area contributed by atoms with Gasteiger partial charge in [-0.25, -0.2) is 4.39 Å². The highest BCUT2D eigenvalue weighted by Gasteiger charge is 2.17. The molecule has 2 N–H and O–H groups in total. The molecule has 1 aromatic rings. The van der Waals surface area contributed by atoms with Crippen LogP contribution in [0.4, 0.5) is 4.39 Å². The van der Waals surface area contributed by atoms with Gasteiger partial charge in [0.2, 0.25) is 5.91 Å². The van der Waals surface area contributed by atoms with Crippen molar-refractivity contribution in [3.05, 3.63) is 41.7 Å². The molecule has 0 unspecified atom stereocenters. The second-order valence-electron chi connectivity index (χ2n) is 4.72. The number of amides is 1. The van der Waals surface area contributed by atoms with Gasteiger partial charge in [-0.15, -0.1) is 0 Å². The Labute approximate surface area is 106 Å². The molecule has 4 heteroatoms. The van der Waals surface area contributed by atoms with Crippen molar-refractivity contribution in [3.63, 3.8) is 0 Å². The fourth-order valence-electron chi connectivity index (χ4n) is 1.37. The van der Waals surface area contributed by atoms with Crippen molar-refractivity contribution in [2.75, 3.05) is 6.61 Å². The lowest BCUT2D eigenvalue weighted by molar-refractivity contribution is -0.122. The van der Waals surface area contributed by atoms with Crippen molar-refractivity contribution in [3.8, 4) is 0 Å². The van der Waals surface area contributed by atoms with Crippen molar-refractivity contribution >= 4 is 12.0 Å².